The number of aryl methyl sites for hydroxylation is 1. The Bertz CT molecular complexity index is 615. The van der Waals surface area contributed by atoms with Crippen LogP contribution in [0.4, 0.5) is 10.5 Å². The van der Waals surface area contributed by atoms with Crippen LogP contribution in [0.1, 0.15) is 25.8 Å². The Hall–Kier alpha value is -1.79. The minimum Gasteiger partial charge on any atom is -0.353 e. The van der Waals surface area contributed by atoms with Crippen LogP contribution in [0.5, 0.6) is 0 Å². The van der Waals surface area contributed by atoms with Crippen molar-refractivity contribution in [1.82, 2.24) is 15.1 Å². The van der Waals surface area contributed by atoms with Crippen LogP contribution in [0, 0.1) is 6.92 Å². The van der Waals surface area contributed by atoms with Gasteiger partial charge >= 0.3 is 6.03 Å². The van der Waals surface area contributed by atoms with Gasteiger partial charge in [-0.1, -0.05) is 24.6 Å². The smallest absolute Gasteiger partial charge is 0.321 e. The molecule has 25 heavy (non-hydrogen) atoms. The predicted octanol–water partition coefficient (Wildman–Crippen LogP) is 2.71. The lowest BCUT2D eigenvalue weighted by Gasteiger charge is -2.34. The topological polar surface area (TPSA) is 64.7 Å². The first-order valence-electron chi connectivity index (χ1n) is 8.72. The van der Waals surface area contributed by atoms with E-state index in [0.29, 0.717) is 43.4 Å². The molecule has 1 atom stereocenters. The second kappa shape index (κ2) is 9.06. The minimum atomic E-state index is -0.158. The fourth-order valence-electron chi connectivity index (χ4n) is 2.65. The largest absolute Gasteiger partial charge is 0.353 e. The zero-order valence-corrected chi connectivity index (χ0v) is 15.9. The van der Waals surface area contributed by atoms with Crippen LogP contribution in [0.25, 0.3) is 0 Å². The van der Waals surface area contributed by atoms with E-state index in [1.807, 2.05) is 39.0 Å². The molecule has 0 radical (unpaired) electrons. The van der Waals surface area contributed by atoms with Crippen LogP contribution in [0.15, 0.2) is 18.2 Å². The highest BCUT2D eigenvalue weighted by atomic mass is 35.5. The van der Waals surface area contributed by atoms with Gasteiger partial charge < -0.3 is 15.5 Å². The molecule has 1 aliphatic heterocycles. The Morgan fingerprint density at radius 1 is 1.24 bits per heavy atom. The van der Waals surface area contributed by atoms with Gasteiger partial charge in [-0.15, -0.1) is 0 Å². The first kappa shape index (κ1) is 19.5. The van der Waals surface area contributed by atoms with E-state index in [1.54, 1.807) is 4.90 Å². The zero-order valence-electron chi connectivity index (χ0n) is 15.1. The first-order chi connectivity index (χ1) is 11.9. The number of carbonyl (C=O) groups excluding carboxylic acids is 2. The van der Waals surface area contributed by atoms with Crippen LogP contribution in [-0.2, 0) is 4.79 Å². The van der Waals surface area contributed by atoms with Crippen molar-refractivity contribution in [3.05, 3.63) is 28.8 Å². The third-order valence-electron chi connectivity index (χ3n) is 4.41. The number of halogens is 1. The molecule has 0 bridgehead atoms. The second-order valence-electron chi connectivity index (χ2n) is 6.55. The number of nitrogens with zero attached hydrogens (tertiary/aromatic N) is 2. The van der Waals surface area contributed by atoms with Crippen molar-refractivity contribution in [2.45, 2.75) is 33.2 Å². The molecule has 0 saturated carbocycles. The van der Waals surface area contributed by atoms with Crippen molar-refractivity contribution < 1.29 is 9.59 Å². The highest BCUT2D eigenvalue weighted by Gasteiger charge is 2.23. The van der Waals surface area contributed by atoms with Crippen LogP contribution >= 0.6 is 11.6 Å². The summed E-state index contributed by atoms with van der Waals surface area (Å²) in [6, 6.07) is 5.58. The molecule has 1 unspecified atom stereocenters. The highest BCUT2D eigenvalue weighted by Crippen LogP contribution is 2.23. The van der Waals surface area contributed by atoms with E-state index in [1.165, 1.54) is 0 Å². The molecule has 6 nitrogen and oxygen atoms in total. The zero-order chi connectivity index (χ0) is 18.4. The minimum absolute atomic E-state index is 0.0405. The molecule has 1 fully saturated rings. The van der Waals surface area contributed by atoms with E-state index in [0.717, 1.165) is 12.0 Å². The maximum atomic E-state index is 12.4. The summed E-state index contributed by atoms with van der Waals surface area (Å²) in [4.78, 5) is 28.1. The molecular weight excluding hydrogens is 340 g/mol. The predicted molar refractivity (Wildman–Crippen MR) is 101 cm³/mol. The third-order valence-corrected chi connectivity index (χ3v) is 4.73. The molecule has 138 valence electrons. The highest BCUT2D eigenvalue weighted by molar-refractivity contribution is 6.33. The Morgan fingerprint density at radius 3 is 2.52 bits per heavy atom. The van der Waals surface area contributed by atoms with Gasteiger partial charge in [-0.25, -0.2) is 4.79 Å². The van der Waals surface area contributed by atoms with E-state index in [9.17, 15) is 9.59 Å². The second-order valence-corrected chi connectivity index (χ2v) is 6.96. The van der Waals surface area contributed by atoms with Crippen LogP contribution < -0.4 is 10.6 Å². The fraction of sp³-hybridized carbons (Fsp3) is 0.556. The summed E-state index contributed by atoms with van der Waals surface area (Å²) in [6.07, 6.45) is 0.918. The van der Waals surface area contributed by atoms with Crippen LogP contribution in [-0.4, -0.2) is 60.5 Å². The maximum Gasteiger partial charge on any atom is 0.321 e. The third kappa shape index (κ3) is 5.90. The summed E-state index contributed by atoms with van der Waals surface area (Å²) in [6.45, 7) is 8.92. The SMILES string of the molecule is CCC(C)NC(=O)CN1CCN(C(=O)Nc2ccc(C)cc2Cl)CC1. The molecule has 7 heteroatoms. The average molecular weight is 367 g/mol. The Morgan fingerprint density at radius 2 is 1.92 bits per heavy atom. The Labute approximate surface area is 154 Å². The molecule has 1 aromatic rings. The fourth-order valence-corrected chi connectivity index (χ4v) is 2.93. The number of benzene rings is 1. The van der Waals surface area contributed by atoms with Crippen LogP contribution in [0.3, 0.4) is 0 Å². The van der Waals surface area contributed by atoms with E-state index in [4.69, 9.17) is 11.6 Å². The number of hydrogen-bond donors (Lipinski definition) is 2. The number of piperazine rings is 1. The monoisotopic (exact) mass is 366 g/mol. The summed E-state index contributed by atoms with van der Waals surface area (Å²) in [7, 11) is 0. The summed E-state index contributed by atoms with van der Waals surface area (Å²) >= 11 is 6.16. The maximum absolute atomic E-state index is 12.4. The molecule has 1 heterocycles. The Kier molecular flexibility index (Phi) is 7.08. The molecule has 3 amide bonds. The van der Waals surface area contributed by atoms with Crippen molar-refractivity contribution >= 4 is 29.2 Å². The molecule has 0 spiro atoms. The van der Waals surface area contributed by atoms with Gasteiger partial charge in [0.1, 0.15) is 0 Å². The molecule has 1 saturated heterocycles. The lowest BCUT2D eigenvalue weighted by molar-refractivity contribution is -0.123. The number of hydrogen-bond acceptors (Lipinski definition) is 3. The number of urea groups is 1. The van der Waals surface area contributed by atoms with Crippen molar-refractivity contribution in [2.24, 2.45) is 0 Å². The van der Waals surface area contributed by atoms with Crippen LogP contribution in [0.2, 0.25) is 5.02 Å². The van der Waals surface area contributed by atoms with Gasteiger partial charge in [-0.3, -0.25) is 9.69 Å². The quantitative estimate of drug-likeness (QED) is 0.842. The summed E-state index contributed by atoms with van der Waals surface area (Å²) in [5.41, 5.74) is 1.67. The summed E-state index contributed by atoms with van der Waals surface area (Å²) in [5.74, 6) is 0.0405. The lowest BCUT2D eigenvalue weighted by Crippen LogP contribution is -2.52. The summed E-state index contributed by atoms with van der Waals surface area (Å²) < 4.78 is 0. The molecule has 1 aliphatic rings. The van der Waals surface area contributed by atoms with E-state index < -0.39 is 0 Å². The number of rotatable bonds is 5. The van der Waals surface area contributed by atoms with Crippen molar-refractivity contribution in [2.75, 3.05) is 38.0 Å². The molecule has 2 N–H and O–H groups in total. The van der Waals surface area contributed by atoms with Gasteiger partial charge in [0.2, 0.25) is 5.91 Å². The van der Waals surface area contributed by atoms with E-state index in [2.05, 4.69) is 15.5 Å². The number of nitrogens with one attached hydrogen (secondary N) is 2. The van der Waals surface area contributed by atoms with Crippen molar-refractivity contribution in [3.8, 4) is 0 Å². The average Bonchev–Trinajstić information content (AvgIpc) is 2.57. The number of anilines is 1. The van der Waals surface area contributed by atoms with E-state index in [-0.39, 0.29) is 18.0 Å². The summed E-state index contributed by atoms with van der Waals surface area (Å²) in [5, 5.41) is 6.36. The van der Waals surface area contributed by atoms with Gasteiger partial charge in [-0.05, 0) is 38.0 Å². The van der Waals surface area contributed by atoms with Crippen molar-refractivity contribution in [1.29, 1.82) is 0 Å². The number of amides is 3. The van der Waals surface area contributed by atoms with Gasteiger partial charge in [-0.2, -0.15) is 0 Å². The van der Waals surface area contributed by atoms with Gasteiger partial charge in [0, 0.05) is 32.2 Å². The van der Waals surface area contributed by atoms with Gasteiger partial charge in [0.25, 0.3) is 0 Å². The molecular formula is C18H27ClN4O2. The van der Waals surface area contributed by atoms with Gasteiger partial charge in [0.15, 0.2) is 0 Å². The standard InChI is InChI=1S/C18H27ClN4O2/c1-4-14(3)20-17(24)12-22-7-9-23(10-8-22)18(25)21-16-6-5-13(2)11-15(16)19/h5-6,11,14H,4,7-10,12H2,1-3H3,(H,20,24)(H,21,25). The molecule has 1 aromatic carbocycles. The normalized spacial score (nSPS) is 16.4. The first-order valence-corrected chi connectivity index (χ1v) is 9.10. The molecule has 0 aromatic heterocycles. The molecule has 2 rings (SSSR count). The Balaban J connectivity index is 1.79. The molecule has 0 aliphatic carbocycles. The number of carbonyl (C=O) groups is 2. The lowest BCUT2D eigenvalue weighted by atomic mass is 10.2. The van der Waals surface area contributed by atoms with Crippen molar-refractivity contribution in [3.63, 3.8) is 0 Å². The van der Waals surface area contributed by atoms with E-state index >= 15 is 0 Å². The van der Waals surface area contributed by atoms with Gasteiger partial charge in [0.05, 0.1) is 17.3 Å².